The van der Waals surface area contributed by atoms with E-state index in [0.29, 0.717) is 0 Å². The van der Waals surface area contributed by atoms with Crippen LogP contribution in [-0.2, 0) is 4.79 Å². The highest BCUT2D eigenvalue weighted by Gasteiger charge is 2.30. The van der Waals surface area contributed by atoms with Gasteiger partial charge in [-0.3, -0.25) is 4.79 Å². The second-order valence-electron chi connectivity index (χ2n) is 6.32. The van der Waals surface area contributed by atoms with Crippen molar-refractivity contribution in [1.29, 1.82) is 0 Å². The fourth-order valence-electron chi connectivity index (χ4n) is 3.19. The summed E-state index contributed by atoms with van der Waals surface area (Å²) in [6.07, 6.45) is 0. The number of nitrogens with zero attached hydrogens (tertiary/aromatic N) is 1. The Hall–Kier alpha value is -2.60. The molecule has 0 bridgehead atoms. The number of carbonyl (C=O) groups excluding carboxylic acids is 1. The molecule has 2 aromatic rings. The highest BCUT2D eigenvalue weighted by Crippen LogP contribution is 2.26. The molecule has 0 aromatic heterocycles. The minimum absolute atomic E-state index is 0.184. The number of anilines is 2. The normalized spacial score (nSPS) is 16.5. The third kappa shape index (κ3) is 3.91. The Bertz CT molecular complexity index is 745. The largest absolute Gasteiger partial charge is 0.506 e. The number of halogens is 1. The summed E-state index contributed by atoms with van der Waals surface area (Å²) < 4.78 is 13.7. The van der Waals surface area contributed by atoms with E-state index in [1.807, 2.05) is 19.1 Å². The maximum atomic E-state index is 13.7. The van der Waals surface area contributed by atoms with Crippen LogP contribution >= 0.6 is 0 Å². The number of aromatic hydroxyl groups is 1. The molecule has 3 N–H and O–H groups in total. The van der Waals surface area contributed by atoms with Gasteiger partial charge in [0.1, 0.15) is 11.6 Å². The van der Waals surface area contributed by atoms with E-state index in [9.17, 15) is 14.3 Å². The van der Waals surface area contributed by atoms with Crippen molar-refractivity contribution >= 4 is 17.3 Å². The molecule has 6 heteroatoms. The van der Waals surface area contributed by atoms with Crippen molar-refractivity contribution in [1.82, 2.24) is 0 Å². The van der Waals surface area contributed by atoms with Crippen molar-refractivity contribution in [3.8, 4) is 5.75 Å². The zero-order valence-corrected chi connectivity index (χ0v) is 14.2. The molecule has 1 atom stereocenters. The van der Waals surface area contributed by atoms with Crippen molar-refractivity contribution < 1.29 is 19.2 Å². The number of phenolic OH excluding ortho intramolecular Hbond substituents is 1. The summed E-state index contributed by atoms with van der Waals surface area (Å²) in [5.74, 6) is -0.338. The van der Waals surface area contributed by atoms with Crippen LogP contribution in [0.3, 0.4) is 0 Å². The van der Waals surface area contributed by atoms with Gasteiger partial charge in [-0.1, -0.05) is 24.3 Å². The van der Waals surface area contributed by atoms with Gasteiger partial charge in [-0.25, -0.2) is 4.39 Å². The number of phenols is 1. The predicted molar refractivity (Wildman–Crippen MR) is 95.5 cm³/mol. The molecule has 132 valence electrons. The first kappa shape index (κ1) is 17.2. The Kier molecular flexibility index (Phi) is 5.19. The Morgan fingerprint density at radius 1 is 1.16 bits per heavy atom. The molecule has 1 fully saturated rings. The van der Waals surface area contributed by atoms with E-state index in [1.165, 1.54) is 6.07 Å². The van der Waals surface area contributed by atoms with Crippen LogP contribution in [0.5, 0.6) is 5.75 Å². The van der Waals surface area contributed by atoms with Gasteiger partial charge in [0.05, 0.1) is 37.6 Å². The number of piperazine rings is 1. The zero-order chi connectivity index (χ0) is 17.8. The first-order valence-corrected chi connectivity index (χ1v) is 8.49. The highest BCUT2D eigenvalue weighted by molar-refractivity contribution is 5.93. The van der Waals surface area contributed by atoms with E-state index >= 15 is 0 Å². The fourth-order valence-corrected chi connectivity index (χ4v) is 3.19. The van der Waals surface area contributed by atoms with Crippen molar-refractivity contribution in [2.45, 2.75) is 13.0 Å². The molecule has 1 aliphatic rings. The average Bonchev–Trinajstić information content (AvgIpc) is 2.63. The van der Waals surface area contributed by atoms with Gasteiger partial charge in [0, 0.05) is 0 Å². The minimum Gasteiger partial charge on any atom is -0.506 e. The first-order valence-electron chi connectivity index (χ1n) is 8.49. The van der Waals surface area contributed by atoms with Crippen molar-refractivity contribution in [3.63, 3.8) is 0 Å². The Balaban J connectivity index is 1.58. The SMILES string of the molecule is C[C@H](C(=O)Nc1ccccc1F)[NH+]1CCN(c2ccccc2O)CC1. The molecular weight excluding hydrogens is 321 g/mol. The number of amides is 1. The number of para-hydroxylation sites is 3. The monoisotopic (exact) mass is 344 g/mol. The molecule has 0 aliphatic carbocycles. The molecule has 0 unspecified atom stereocenters. The van der Waals surface area contributed by atoms with Gasteiger partial charge in [0.25, 0.3) is 5.91 Å². The molecule has 0 saturated carbocycles. The topological polar surface area (TPSA) is 57.0 Å². The Morgan fingerprint density at radius 3 is 2.48 bits per heavy atom. The van der Waals surface area contributed by atoms with Gasteiger partial charge in [-0.2, -0.15) is 0 Å². The summed E-state index contributed by atoms with van der Waals surface area (Å²) >= 11 is 0. The number of hydrogen-bond donors (Lipinski definition) is 3. The lowest BCUT2D eigenvalue weighted by Gasteiger charge is -2.36. The minimum atomic E-state index is -0.428. The van der Waals surface area contributed by atoms with E-state index in [-0.39, 0.29) is 23.4 Å². The van der Waals surface area contributed by atoms with Crippen LogP contribution in [0.4, 0.5) is 15.8 Å². The van der Waals surface area contributed by atoms with E-state index in [0.717, 1.165) is 36.8 Å². The molecule has 0 radical (unpaired) electrons. The van der Waals surface area contributed by atoms with Crippen LogP contribution < -0.4 is 15.1 Å². The Morgan fingerprint density at radius 2 is 1.80 bits per heavy atom. The van der Waals surface area contributed by atoms with E-state index < -0.39 is 5.82 Å². The zero-order valence-electron chi connectivity index (χ0n) is 14.2. The van der Waals surface area contributed by atoms with Gasteiger partial charge < -0.3 is 20.2 Å². The summed E-state index contributed by atoms with van der Waals surface area (Å²) in [5, 5.41) is 12.6. The van der Waals surface area contributed by atoms with Crippen molar-refractivity contribution in [2.24, 2.45) is 0 Å². The molecule has 5 nitrogen and oxygen atoms in total. The van der Waals surface area contributed by atoms with Crippen LogP contribution in [0.15, 0.2) is 48.5 Å². The van der Waals surface area contributed by atoms with Gasteiger partial charge in [-0.15, -0.1) is 0 Å². The smallest absolute Gasteiger partial charge is 0.282 e. The quantitative estimate of drug-likeness (QED) is 0.783. The number of quaternary nitrogens is 1. The predicted octanol–water partition coefficient (Wildman–Crippen LogP) is 1.26. The van der Waals surface area contributed by atoms with Gasteiger partial charge in [0.2, 0.25) is 0 Å². The van der Waals surface area contributed by atoms with E-state index in [2.05, 4.69) is 10.2 Å². The fraction of sp³-hybridized carbons (Fsp3) is 0.316. The Labute approximate surface area is 146 Å². The van der Waals surface area contributed by atoms with Gasteiger partial charge >= 0.3 is 0 Å². The molecule has 1 heterocycles. The van der Waals surface area contributed by atoms with Crippen LogP contribution in [-0.4, -0.2) is 43.2 Å². The number of carbonyl (C=O) groups is 1. The molecular formula is C19H23FN3O2+. The lowest BCUT2D eigenvalue weighted by Crippen LogP contribution is -3.19. The lowest BCUT2D eigenvalue weighted by molar-refractivity contribution is -0.914. The number of benzene rings is 2. The third-order valence-electron chi connectivity index (χ3n) is 4.77. The van der Waals surface area contributed by atoms with Crippen LogP contribution in [0.1, 0.15) is 6.92 Å². The lowest BCUT2D eigenvalue weighted by atomic mass is 10.2. The van der Waals surface area contributed by atoms with Crippen LogP contribution in [0.2, 0.25) is 0 Å². The number of hydrogen-bond acceptors (Lipinski definition) is 3. The summed E-state index contributed by atoms with van der Waals surface area (Å²) in [4.78, 5) is 15.7. The number of nitrogens with one attached hydrogen (secondary N) is 2. The van der Waals surface area contributed by atoms with Gasteiger partial charge in [-0.05, 0) is 31.2 Å². The van der Waals surface area contributed by atoms with Crippen molar-refractivity contribution in [2.75, 3.05) is 36.4 Å². The summed E-state index contributed by atoms with van der Waals surface area (Å²) in [7, 11) is 0. The summed E-state index contributed by atoms with van der Waals surface area (Å²) in [5.41, 5.74) is 1.04. The standard InChI is InChI=1S/C19H22FN3O2/c1-14(19(25)21-16-7-3-2-6-15(16)20)22-10-12-23(13-11-22)17-8-4-5-9-18(17)24/h2-9,14,24H,10-13H2,1H3,(H,21,25)/p+1/t14-/m1/s1. The second-order valence-corrected chi connectivity index (χ2v) is 6.32. The average molecular weight is 344 g/mol. The van der Waals surface area contributed by atoms with E-state index in [1.54, 1.807) is 30.3 Å². The molecule has 25 heavy (non-hydrogen) atoms. The van der Waals surface area contributed by atoms with E-state index in [4.69, 9.17) is 0 Å². The summed E-state index contributed by atoms with van der Waals surface area (Å²) in [6.45, 7) is 4.93. The third-order valence-corrected chi connectivity index (χ3v) is 4.77. The molecule has 2 aromatic carbocycles. The first-order chi connectivity index (χ1) is 12.1. The maximum absolute atomic E-state index is 13.7. The van der Waals surface area contributed by atoms with Crippen LogP contribution in [0, 0.1) is 5.82 Å². The van der Waals surface area contributed by atoms with Crippen molar-refractivity contribution in [3.05, 3.63) is 54.3 Å². The summed E-state index contributed by atoms with van der Waals surface area (Å²) in [6, 6.07) is 13.2. The molecule has 1 saturated heterocycles. The highest BCUT2D eigenvalue weighted by atomic mass is 19.1. The molecule has 1 amide bonds. The molecule has 1 aliphatic heterocycles. The molecule has 0 spiro atoms. The molecule has 3 rings (SSSR count). The second kappa shape index (κ2) is 7.53. The van der Waals surface area contributed by atoms with Crippen LogP contribution in [0.25, 0.3) is 0 Å². The van der Waals surface area contributed by atoms with Gasteiger partial charge in [0.15, 0.2) is 6.04 Å². The maximum Gasteiger partial charge on any atom is 0.282 e. The number of rotatable bonds is 4.